The zero-order valence-electron chi connectivity index (χ0n) is 13.2. The second kappa shape index (κ2) is 7.20. The molecule has 9 heteroatoms. The van der Waals surface area contributed by atoms with E-state index in [4.69, 9.17) is 0 Å². The largest absolute Gasteiger partial charge is 0.506 e. The lowest BCUT2D eigenvalue weighted by Crippen LogP contribution is -2.14. The second-order valence-corrected chi connectivity index (χ2v) is 5.34. The number of aliphatic hydroxyl groups is 1. The standard InChI is InChI=1S/C16H14F5NO3/c1-3-25-16(24)7(5-22-9-4-8(9)17)15(23)10-6(2)11(18)13(20)14(21)12(10)19/h5,8-9,23H,3-4H2,1-2H3/t8-,9+/m0/s1. The molecular weight excluding hydrogens is 349 g/mol. The molecule has 1 saturated carbocycles. The van der Waals surface area contributed by atoms with Gasteiger partial charge in [-0.25, -0.2) is 26.7 Å². The molecule has 0 saturated heterocycles. The van der Waals surface area contributed by atoms with Gasteiger partial charge in [0, 0.05) is 18.2 Å². The summed E-state index contributed by atoms with van der Waals surface area (Å²) in [6.45, 7) is 2.22. The molecule has 1 aliphatic rings. The van der Waals surface area contributed by atoms with Crippen LogP contribution in [-0.2, 0) is 9.53 Å². The van der Waals surface area contributed by atoms with E-state index in [2.05, 4.69) is 9.73 Å². The van der Waals surface area contributed by atoms with Crippen LogP contribution in [0, 0.1) is 30.2 Å². The summed E-state index contributed by atoms with van der Waals surface area (Å²) in [4.78, 5) is 15.6. The van der Waals surface area contributed by atoms with Crippen LogP contribution in [0.15, 0.2) is 10.6 Å². The van der Waals surface area contributed by atoms with Crippen LogP contribution in [0.3, 0.4) is 0 Å². The van der Waals surface area contributed by atoms with Crippen molar-refractivity contribution < 1.29 is 36.6 Å². The van der Waals surface area contributed by atoms with Crippen LogP contribution in [0.1, 0.15) is 24.5 Å². The van der Waals surface area contributed by atoms with Crippen LogP contribution >= 0.6 is 0 Å². The SMILES string of the molecule is CCOC(=O)C(C=N[C@@H]1C[C@@H]1F)=C(O)c1c(C)c(F)c(F)c(F)c1F. The summed E-state index contributed by atoms with van der Waals surface area (Å²) in [7, 11) is 0. The van der Waals surface area contributed by atoms with Crippen LogP contribution in [-0.4, -0.2) is 36.1 Å². The molecule has 0 heterocycles. The van der Waals surface area contributed by atoms with E-state index in [1.165, 1.54) is 6.92 Å². The minimum atomic E-state index is -2.14. The van der Waals surface area contributed by atoms with Gasteiger partial charge in [0.25, 0.3) is 0 Å². The molecule has 0 bridgehead atoms. The highest BCUT2D eigenvalue weighted by Gasteiger charge is 2.37. The number of esters is 1. The van der Waals surface area contributed by atoms with E-state index in [-0.39, 0.29) is 13.0 Å². The van der Waals surface area contributed by atoms with E-state index in [1.54, 1.807) is 0 Å². The number of halogens is 5. The Hall–Kier alpha value is -2.45. The monoisotopic (exact) mass is 363 g/mol. The van der Waals surface area contributed by atoms with E-state index >= 15 is 0 Å². The van der Waals surface area contributed by atoms with Gasteiger partial charge in [0.1, 0.15) is 17.5 Å². The highest BCUT2D eigenvalue weighted by atomic mass is 19.2. The summed E-state index contributed by atoms with van der Waals surface area (Å²) in [6.07, 6.45) is -0.350. The Labute approximate surface area is 139 Å². The summed E-state index contributed by atoms with van der Waals surface area (Å²) in [5.74, 6) is -10.1. The maximum Gasteiger partial charge on any atom is 0.343 e. The number of nitrogens with zero attached hydrogens (tertiary/aromatic N) is 1. The molecular formula is C16H14F5NO3. The number of aliphatic imine (C=N–C) groups is 1. The molecule has 0 radical (unpaired) electrons. The molecule has 0 unspecified atom stereocenters. The van der Waals surface area contributed by atoms with E-state index in [9.17, 15) is 31.9 Å². The van der Waals surface area contributed by atoms with E-state index in [0.29, 0.717) is 0 Å². The Morgan fingerprint density at radius 1 is 1.24 bits per heavy atom. The number of carbonyl (C=O) groups is 1. The smallest absolute Gasteiger partial charge is 0.343 e. The molecule has 0 aromatic heterocycles. The molecule has 1 fully saturated rings. The van der Waals surface area contributed by atoms with Gasteiger partial charge in [0.2, 0.25) is 0 Å². The van der Waals surface area contributed by atoms with Crippen molar-refractivity contribution in [2.75, 3.05) is 6.61 Å². The molecule has 0 aliphatic heterocycles. The minimum Gasteiger partial charge on any atom is -0.506 e. The average Bonchev–Trinajstić information content (AvgIpc) is 3.27. The van der Waals surface area contributed by atoms with Crippen LogP contribution < -0.4 is 0 Å². The zero-order chi connectivity index (χ0) is 18.9. The normalized spacial score (nSPS) is 20.6. The predicted octanol–water partition coefficient (Wildman–Crippen LogP) is 3.56. The predicted molar refractivity (Wildman–Crippen MR) is 79.0 cm³/mol. The average molecular weight is 363 g/mol. The van der Waals surface area contributed by atoms with Gasteiger partial charge in [0.15, 0.2) is 23.3 Å². The molecule has 0 spiro atoms. The third kappa shape index (κ3) is 3.64. The Morgan fingerprint density at radius 3 is 2.32 bits per heavy atom. The fourth-order valence-corrected chi connectivity index (χ4v) is 2.05. The van der Waals surface area contributed by atoms with E-state index in [1.807, 2.05) is 0 Å². The van der Waals surface area contributed by atoms with Crippen LogP contribution in [0.25, 0.3) is 5.76 Å². The molecule has 0 amide bonds. The molecule has 4 nitrogen and oxygen atoms in total. The topological polar surface area (TPSA) is 58.9 Å². The Morgan fingerprint density at radius 2 is 1.80 bits per heavy atom. The summed E-state index contributed by atoms with van der Waals surface area (Å²) in [5.41, 5.74) is -2.52. The third-order valence-electron chi connectivity index (χ3n) is 3.57. The Bertz CT molecular complexity index is 747. The lowest BCUT2D eigenvalue weighted by Gasteiger charge is -2.12. The van der Waals surface area contributed by atoms with Gasteiger partial charge in [0.05, 0.1) is 18.2 Å². The first-order valence-corrected chi connectivity index (χ1v) is 7.31. The van der Waals surface area contributed by atoms with Gasteiger partial charge < -0.3 is 9.84 Å². The number of carbonyl (C=O) groups excluding carboxylic acids is 1. The maximum atomic E-state index is 14.0. The first-order chi connectivity index (χ1) is 11.7. The molecule has 2 atom stereocenters. The molecule has 1 N–H and O–H groups in total. The van der Waals surface area contributed by atoms with Crippen molar-refractivity contribution >= 4 is 17.9 Å². The van der Waals surface area contributed by atoms with Crippen LogP contribution in [0.4, 0.5) is 22.0 Å². The van der Waals surface area contributed by atoms with Crippen molar-refractivity contribution in [1.29, 1.82) is 0 Å². The highest BCUT2D eigenvalue weighted by molar-refractivity contribution is 6.15. The molecule has 2 rings (SSSR count). The number of hydrogen-bond donors (Lipinski definition) is 1. The molecule has 25 heavy (non-hydrogen) atoms. The highest BCUT2D eigenvalue weighted by Crippen LogP contribution is 2.31. The maximum absolute atomic E-state index is 14.0. The van der Waals surface area contributed by atoms with E-state index < -0.39 is 63.9 Å². The molecule has 136 valence electrons. The first kappa shape index (κ1) is 18.9. The van der Waals surface area contributed by atoms with Crippen molar-refractivity contribution in [3.63, 3.8) is 0 Å². The number of alkyl halides is 1. The third-order valence-corrected chi connectivity index (χ3v) is 3.57. The number of rotatable bonds is 5. The van der Waals surface area contributed by atoms with Crippen LogP contribution in [0.2, 0.25) is 0 Å². The molecule has 1 aromatic rings. The summed E-state index contributed by atoms with van der Waals surface area (Å²) in [6, 6.07) is -0.732. The summed E-state index contributed by atoms with van der Waals surface area (Å²) >= 11 is 0. The number of aliphatic hydroxyl groups excluding tert-OH is 1. The van der Waals surface area contributed by atoms with Crippen LogP contribution in [0.5, 0.6) is 0 Å². The molecule has 1 aliphatic carbocycles. The fourth-order valence-electron chi connectivity index (χ4n) is 2.05. The lowest BCUT2D eigenvalue weighted by molar-refractivity contribution is -0.137. The Balaban J connectivity index is 2.62. The number of benzene rings is 1. The van der Waals surface area contributed by atoms with Gasteiger partial charge in [-0.2, -0.15) is 0 Å². The summed E-state index contributed by atoms with van der Waals surface area (Å²) in [5, 5.41) is 10.2. The van der Waals surface area contributed by atoms with Crippen molar-refractivity contribution in [3.8, 4) is 0 Å². The quantitative estimate of drug-likeness (QED) is 0.166. The van der Waals surface area contributed by atoms with Crippen molar-refractivity contribution in [1.82, 2.24) is 0 Å². The molecule has 1 aromatic carbocycles. The van der Waals surface area contributed by atoms with Crippen molar-refractivity contribution in [2.45, 2.75) is 32.5 Å². The number of ether oxygens (including phenoxy) is 1. The lowest BCUT2D eigenvalue weighted by atomic mass is 10.0. The number of hydrogen-bond acceptors (Lipinski definition) is 4. The minimum absolute atomic E-state index is 0.112. The van der Waals surface area contributed by atoms with Crippen molar-refractivity contribution in [2.24, 2.45) is 4.99 Å². The summed E-state index contributed by atoms with van der Waals surface area (Å²) < 4.78 is 71.9. The van der Waals surface area contributed by atoms with Gasteiger partial charge in [-0.15, -0.1) is 0 Å². The van der Waals surface area contributed by atoms with Gasteiger partial charge in [-0.3, -0.25) is 4.99 Å². The first-order valence-electron chi connectivity index (χ1n) is 7.31. The van der Waals surface area contributed by atoms with Gasteiger partial charge >= 0.3 is 5.97 Å². The van der Waals surface area contributed by atoms with Crippen molar-refractivity contribution in [3.05, 3.63) is 40.0 Å². The van der Waals surface area contributed by atoms with Gasteiger partial charge in [-0.05, 0) is 13.8 Å². The van der Waals surface area contributed by atoms with Gasteiger partial charge in [-0.1, -0.05) is 0 Å². The fraction of sp³-hybridized carbons (Fsp3) is 0.375. The van der Waals surface area contributed by atoms with E-state index in [0.717, 1.165) is 13.1 Å². The Kier molecular flexibility index (Phi) is 5.44. The second-order valence-electron chi connectivity index (χ2n) is 5.34. The zero-order valence-corrected chi connectivity index (χ0v) is 13.2.